The molecule has 2 aromatic rings. The monoisotopic (exact) mass is 460 g/mol. The number of aryl methyl sites for hydroxylation is 1. The van der Waals surface area contributed by atoms with Crippen molar-refractivity contribution in [1.29, 1.82) is 0 Å². The molecule has 1 aliphatic heterocycles. The number of halogens is 2. The first-order valence-corrected chi connectivity index (χ1v) is 11.1. The molecule has 0 radical (unpaired) electrons. The number of fused-ring (bicyclic) bond motifs is 1. The Morgan fingerprint density at radius 3 is 2.83 bits per heavy atom. The highest BCUT2D eigenvalue weighted by molar-refractivity contribution is 8.15. The van der Waals surface area contributed by atoms with Crippen LogP contribution < -0.4 is 10.6 Å². The molecular formula is C21H18Cl2N4O2S. The molecule has 2 aromatic carbocycles. The second kappa shape index (κ2) is 9.20. The summed E-state index contributed by atoms with van der Waals surface area (Å²) in [6, 6.07) is 13.0. The van der Waals surface area contributed by atoms with Gasteiger partial charge >= 0.3 is 0 Å². The highest BCUT2D eigenvalue weighted by Gasteiger charge is 2.32. The van der Waals surface area contributed by atoms with E-state index < -0.39 is 5.25 Å². The predicted octanol–water partition coefficient (Wildman–Crippen LogP) is 4.65. The molecule has 2 amide bonds. The second-order valence-electron chi connectivity index (χ2n) is 6.93. The van der Waals surface area contributed by atoms with Gasteiger partial charge in [0, 0.05) is 17.0 Å². The maximum atomic E-state index is 12.3. The molecule has 30 heavy (non-hydrogen) atoms. The summed E-state index contributed by atoms with van der Waals surface area (Å²) < 4.78 is 0. The van der Waals surface area contributed by atoms with Gasteiger partial charge in [-0.2, -0.15) is 5.10 Å². The zero-order valence-electron chi connectivity index (χ0n) is 15.8. The maximum Gasteiger partial charge on any atom is 0.240 e. The molecule has 0 bridgehead atoms. The molecule has 2 N–H and O–H groups in total. The predicted molar refractivity (Wildman–Crippen MR) is 123 cm³/mol. The summed E-state index contributed by atoms with van der Waals surface area (Å²) in [6.07, 6.45) is 2.90. The molecule has 0 saturated carbocycles. The van der Waals surface area contributed by atoms with Crippen molar-refractivity contribution in [3.8, 4) is 0 Å². The lowest BCUT2D eigenvalue weighted by atomic mass is 9.90. The SMILES string of the molecule is O=C(CC1S/C(=N\N=C2/CCCc3ccccc32)NC1=O)Nc1ccc(Cl)cc1Cl. The Kier molecular flexibility index (Phi) is 6.41. The Bertz CT molecular complexity index is 1070. The molecule has 154 valence electrons. The van der Waals surface area contributed by atoms with Crippen molar-refractivity contribution in [1.82, 2.24) is 5.32 Å². The number of benzene rings is 2. The van der Waals surface area contributed by atoms with E-state index in [2.05, 4.69) is 26.9 Å². The lowest BCUT2D eigenvalue weighted by molar-refractivity contribution is -0.122. The molecule has 6 nitrogen and oxygen atoms in total. The first-order chi connectivity index (χ1) is 14.5. The van der Waals surface area contributed by atoms with E-state index in [1.54, 1.807) is 18.2 Å². The smallest absolute Gasteiger partial charge is 0.240 e. The van der Waals surface area contributed by atoms with Crippen LogP contribution in [0.1, 0.15) is 30.4 Å². The lowest BCUT2D eigenvalue weighted by Crippen LogP contribution is -2.28. The second-order valence-corrected chi connectivity index (χ2v) is 8.97. The highest BCUT2D eigenvalue weighted by Crippen LogP contribution is 2.28. The summed E-state index contributed by atoms with van der Waals surface area (Å²) in [5.41, 5.74) is 3.74. The van der Waals surface area contributed by atoms with E-state index in [1.165, 1.54) is 17.3 Å². The molecule has 1 heterocycles. The first kappa shape index (κ1) is 20.9. The van der Waals surface area contributed by atoms with Gasteiger partial charge in [0.25, 0.3) is 0 Å². The van der Waals surface area contributed by atoms with E-state index in [0.29, 0.717) is 20.9 Å². The van der Waals surface area contributed by atoms with Gasteiger partial charge in [0.1, 0.15) is 5.25 Å². The fourth-order valence-electron chi connectivity index (χ4n) is 3.36. The van der Waals surface area contributed by atoms with Crippen molar-refractivity contribution in [2.24, 2.45) is 10.2 Å². The molecule has 1 unspecified atom stereocenters. The van der Waals surface area contributed by atoms with E-state index in [4.69, 9.17) is 23.2 Å². The van der Waals surface area contributed by atoms with Gasteiger partial charge in [-0.3, -0.25) is 9.59 Å². The van der Waals surface area contributed by atoms with Crippen LogP contribution in [-0.2, 0) is 16.0 Å². The van der Waals surface area contributed by atoms with Gasteiger partial charge in [0.05, 0.1) is 16.4 Å². The van der Waals surface area contributed by atoms with Crippen LogP contribution in [0.3, 0.4) is 0 Å². The molecular weight excluding hydrogens is 443 g/mol. The minimum Gasteiger partial charge on any atom is -0.325 e. The van der Waals surface area contributed by atoms with E-state index in [0.717, 1.165) is 30.5 Å². The Morgan fingerprint density at radius 1 is 1.17 bits per heavy atom. The quantitative estimate of drug-likeness (QED) is 0.651. The van der Waals surface area contributed by atoms with Crippen LogP contribution in [0, 0.1) is 0 Å². The first-order valence-electron chi connectivity index (χ1n) is 9.45. The average Bonchev–Trinajstić information content (AvgIpc) is 3.07. The number of nitrogens with one attached hydrogen (secondary N) is 2. The van der Waals surface area contributed by atoms with E-state index in [-0.39, 0.29) is 18.2 Å². The summed E-state index contributed by atoms with van der Waals surface area (Å²) in [5.74, 6) is -0.582. The van der Waals surface area contributed by atoms with Crippen LogP contribution >= 0.6 is 35.0 Å². The number of hydrogen-bond acceptors (Lipinski definition) is 5. The summed E-state index contributed by atoms with van der Waals surface area (Å²) >= 11 is 13.1. The third kappa shape index (κ3) is 4.86. The summed E-state index contributed by atoms with van der Waals surface area (Å²) in [5, 5.41) is 14.7. The van der Waals surface area contributed by atoms with Gasteiger partial charge in [-0.05, 0) is 43.0 Å². The third-order valence-electron chi connectivity index (χ3n) is 4.80. The van der Waals surface area contributed by atoms with E-state index >= 15 is 0 Å². The van der Waals surface area contributed by atoms with Crippen LogP contribution in [0.5, 0.6) is 0 Å². The number of hydrogen-bond donors (Lipinski definition) is 2. The fraction of sp³-hybridized carbons (Fsp3) is 0.238. The fourth-order valence-corrected chi connectivity index (χ4v) is 4.73. The van der Waals surface area contributed by atoms with Crippen LogP contribution in [-0.4, -0.2) is 27.9 Å². The molecule has 0 spiro atoms. The molecule has 4 rings (SSSR count). The summed E-state index contributed by atoms with van der Waals surface area (Å²) in [6.45, 7) is 0. The topological polar surface area (TPSA) is 82.9 Å². The number of amidine groups is 1. The summed E-state index contributed by atoms with van der Waals surface area (Å²) in [7, 11) is 0. The molecule has 1 aliphatic carbocycles. The normalized spacial score (nSPS) is 20.9. The summed E-state index contributed by atoms with van der Waals surface area (Å²) in [4.78, 5) is 24.6. The van der Waals surface area contributed by atoms with Crippen LogP contribution in [0.15, 0.2) is 52.7 Å². The Morgan fingerprint density at radius 2 is 2.00 bits per heavy atom. The number of carbonyl (C=O) groups is 2. The molecule has 0 aromatic heterocycles. The molecule has 1 saturated heterocycles. The number of amides is 2. The number of anilines is 1. The number of nitrogens with zero attached hydrogens (tertiary/aromatic N) is 2. The molecule has 9 heteroatoms. The van der Waals surface area contributed by atoms with E-state index in [9.17, 15) is 9.59 Å². The van der Waals surface area contributed by atoms with Gasteiger partial charge in [-0.25, -0.2) is 0 Å². The third-order valence-corrected chi connectivity index (χ3v) is 6.42. The molecule has 1 atom stereocenters. The zero-order chi connectivity index (χ0) is 21.1. The van der Waals surface area contributed by atoms with Gasteiger partial charge in [-0.1, -0.05) is 59.2 Å². The van der Waals surface area contributed by atoms with E-state index in [1.807, 2.05) is 18.2 Å². The largest absolute Gasteiger partial charge is 0.325 e. The standard InChI is InChI=1S/C21H18Cl2N4O2S/c22-13-8-9-17(15(23)10-13)24-19(28)11-18-20(29)25-21(30-18)27-26-16-7-3-5-12-4-1-2-6-14(12)16/h1-2,4,6,8-10,18H,3,5,7,11H2,(H,24,28)(H,25,27,29)/b26-16+. The van der Waals surface area contributed by atoms with Gasteiger partial charge < -0.3 is 10.6 Å². The molecule has 1 fully saturated rings. The average molecular weight is 461 g/mol. The highest BCUT2D eigenvalue weighted by atomic mass is 35.5. The van der Waals surface area contributed by atoms with Crippen molar-refractivity contribution in [3.63, 3.8) is 0 Å². The number of thioether (sulfide) groups is 1. The van der Waals surface area contributed by atoms with Crippen molar-refractivity contribution in [2.45, 2.75) is 30.9 Å². The van der Waals surface area contributed by atoms with Gasteiger partial charge in [-0.15, -0.1) is 5.10 Å². The minimum absolute atomic E-state index is 0.00607. The maximum absolute atomic E-state index is 12.3. The van der Waals surface area contributed by atoms with Crippen molar-refractivity contribution >= 4 is 63.3 Å². The van der Waals surface area contributed by atoms with Crippen molar-refractivity contribution < 1.29 is 9.59 Å². The Hall–Kier alpha value is -2.35. The number of rotatable bonds is 4. The van der Waals surface area contributed by atoms with Gasteiger partial charge in [0.2, 0.25) is 11.8 Å². The number of carbonyl (C=O) groups excluding carboxylic acids is 2. The van der Waals surface area contributed by atoms with Crippen LogP contribution in [0.25, 0.3) is 0 Å². The Balaban J connectivity index is 1.40. The van der Waals surface area contributed by atoms with Crippen molar-refractivity contribution in [2.75, 3.05) is 5.32 Å². The zero-order valence-corrected chi connectivity index (χ0v) is 18.2. The van der Waals surface area contributed by atoms with Crippen LogP contribution in [0.2, 0.25) is 10.0 Å². The minimum atomic E-state index is -0.575. The lowest BCUT2D eigenvalue weighted by Gasteiger charge is -2.16. The Labute approximate surface area is 188 Å². The van der Waals surface area contributed by atoms with Crippen LogP contribution in [0.4, 0.5) is 5.69 Å². The van der Waals surface area contributed by atoms with Crippen molar-refractivity contribution in [3.05, 3.63) is 63.6 Å². The molecule has 2 aliphatic rings. The van der Waals surface area contributed by atoms with Gasteiger partial charge in [0.15, 0.2) is 5.17 Å².